The van der Waals surface area contributed by atoms with E-state index >= 15 is 0 Å². The number of hydrogen-bond donors (Lipinski definition) is 3. The van der Waals surface area contributed by atoms with Crippen LogP contribution < -0.4 is 10.0 Å². The molecule has 3 N–H and O–H groups in total. The smallest absolute Gasteiger partial charge is 0.408 e. The van der Waals surface area contributed by atoms with E-state index in [0.29, 0.717) is 41.1 Å². The lowest BCUT2D eigenvalue weighted by atomic mass is 10.0. The van der Waals surface area contributed by atoms with E-state index in [1.807, 2.05) is 0 Å². The summed E-state index contributed by atoms with van der Waals surface area (Å²) in [5.74, 6) is -0.844. The summed E-state index contributed by atoms with van der Waals surface area (Å²) < 4.78 is 27.4. The van der Waals surface area contributed by atoms with E-state index in [1.165, 1.54) is 15.9 Å². The number of hydrogen-bond acceptors (Lipinski definition) is 5. The van der Waals surface area contributed by atoms with Gasteiger partial charge in [-0.3, -0.25) is 14.5 Å². The minimum atomic E-state index is -3.81. The third-order valence-corrected chi connectivity index (χ3v) is 8.60. The summed E-state index contributed by atoms with van der Waals surface area (Å²) in [7, 11) is -3.81. The maximum Gasteiger partial charge on any atom is 0.408 e. The molecule has 1 fully saturated rings. The van der Waals surface area contributed by atoms with Crippen LogP contribution in [-0.4, -0.2) is 59.4 Å². The second kappa shape index (κ2) is 10.5. The van der Waals surface area contributed by atoms with Crippen LogP contribution in [-0.2, 0) is 32.7 Å². The van der Waals surface area contributed by atoms with Crippen LogP contribution in [0.25, 0.3) is 0 Å². The number of amides is 3. The number of carboxylic acid groups (broad SMARTS) is 1. The molecular weight excluding hydrogens is 532 g/mol. The number of carbonyl (C=O) groups is 3. The van der Waals surface area contributed by atoms with Gasteiger partial charge in [0.2, 0.25) is 21.8 Å². The number of likely N-dealkylation sites (tertiary alicyclic amines) is 1. The Labute approximate surface area is 227 Å². The molecule has 10 nitrogen and oxygen atoms in total. The molecule has 2 aliphatic rings. The van der Waals surface area contributed by atoms with Crippen LogP contribution in [0, 0.1) is 0 Å². The molecular formula is C26H31ClN4O6S. The Bertz CT molecular complexity index is 1370. The third-order valence-electron chi connectivity index (χ3n) is 6.87. The van der Waals surface area contributed by atoms with Crippen molar-refractivity contribution in [2.24, 2.45) is 0 Å². The zero-order valence-electron chi connectivity index (χ0n) is 21.4. The van der Waals surface area contributed by atoms with Crippen molar-refractivity contribution < 1.29 is 27.9 Å². The van der Waals surface area contributed by atoms with Crippen LogP contribution >= 0.6 is 11.6 Å². The minimum absolute atomic E-state index is 0.0673. The van der Waals surface area contributed by atoms with E-state index in [0.717, 1.165) is 0 Å². The number of halogens is 1. The van der Waals surface area contributed by atoms with Crippen LogP contribution in [0.2, 0.25) is 5.02 Å². The topological polar surface area (TPSA) is 136 Å². The van der Waals surface area contributed by atoms with E-state index in [1.54, 1.807) is 57.2 Å². The maximum absolute atomic E-state index is 13.4. The molecule has 0 radical (unpaired) electrons. The van der Waals surface area contributed by atoms with Gasteiger partial charge in [-0.2, -0.15) is 4.72 Å². The molecule has 1 unspecified atom stereocenters. The minimum Gasteiger partial charge on any atom is -0.465 e. The molecule has 4 rings (SSSR count). The van der Waals surface area contributed by atoms with Gasteiger partial charge in [0.05, 0.1) is 4.90 Å². The van der Waals surface area contributed by atoms with Gasteiger partial charge in [0.1, 0.15) is 12.1 Å². The van der Waals surface area contributed by atoms with Crippen molar-refractivity contribution in [3.63, 3.8) is 0 Å². The quantitative estimate of drug-likeness (QED) is 0.494. The SMILES string of the molecule is CC(C)(C)N(Cc1ccc(Cl)cc1CNC(=O)[C@@H]1CCCN1C(=O)C1NS(=O)(=O)c2ccccc21)C(=O)O. The largest absolute Gasteiger partial charge is 0.465 e. The first-order valence-corrected chi connectivity index (χ1v) is 14.1. The predicted molar refractivity (Wildman–Crippen MR) is 141 cm³/mol. The van der Waals surface area contributed by atoms with Crippen LogP contribution in [0.5, 0.6) is 0 Å². The number of benzene rings is 2. The van der Waals surface area contributed by atoms with Crippen LogP contribution in [0.4, 0.5) is 4.79 Å². The van der Waals surface area contributed by atoms with Gasteiger partial charge < -0.3 is 15.3 Å². The fourth-order valence-electron chi connectivity index (χ4n) is 4.87. The number of sulfonamides is 1. The fourth-order valence-corrected chi connectivity index (χ4v) is 6.49. The number of nitrogens with zero attached hydrogens (tertiary/aromatic N) is 2. The molecule has 2 aromatic rings. The van der Waals surface area contributed by atoms with Gasteiger partial charge in [0.15, 0.2) is 0 Å². The van der Waals surface area contributed by atoms with Crippen molar-refractivity contribution in [2.75, 3.05) is 6.54 Å². The van der Waals surface area contributed by atoms with Gasteiger partial charge in [-0.15, -0.1) is 0 Å². The normalized spacial score (nSPS) is 20.2. The summed E-state index contributed by atoms with van der Waals surface area (Å²) in [5.41, 5.74) is 1.09. The van der Waals surface area contributed by atoms with E-state index in [4.69, 9.17) is 11.6 Å². The Morgan fingerprint density at radius 2 is 1.87 bits per heavy atom. The number of fused-ring (bicyclic) bond motifs is 1. The van der Waals surface area contributed by atoms with E-state index in [2.05, 4.69) is 10.0 Å². The third kappa shape index (κ3) is 5.64. The van der Waals surface area contributed by atoms with Crippen LogP contribution in [0.15, 0.2) is 47.4 Å². The molecule has 2 aliphatic heterocycles. The molecule has 0 bridgehead atoms. The molecule has 2 aromatic carbocycles. The van der Waals surface area contributed by atoms with Gasteiger partial charge >= 0.3 is 6.09 Å². The average molecular weight is 563 g/mol. The van der Waals surface area contributed by atoms with Gasteiger partial charge in [-0.25, -0.2) is 13.2 Å². The molecule has 0 spiro atoms. The standard InChI is InChI=1S/C26H31ClN4O6S/c1-26(2,3)31(25(34)35)15-16-10-11-18(27)13-17(16)14-28-23(32)20-8-6-12-30(20)24(33)22-19-7-4-5-9-21(19)38(36,37)29-22/h4-5,7,9-11,13,20,22,29H,6,8,12,14-15H2,1-3H3,(H,28,32)(H,34,35)/t20-,22?/m0/s1. The summed E-state index contributed by atoms with van der Waals surface area (Å²) in [6, 6.07) is 9.56. The van der Waals surface area contributed by atoms with Crippen molar-refractivity contribution in [1.82, 2.24) is 19.8 Å². The van der Waals surface area contributed by atoms with Gasteiger partial charge in [-0.1, -0.05) is 35.9 Å². The lowest BCUT2D eigenvalue weighted by molar-refractivity contribution is -0.139. The molecule has 0 aromatic heterocycles. The number of carbonyl (C=O) groups excluding carboxylic acids is 2. The highest BCUT2D eigenvalue weighted by atomic mass is 35.5. The Morgan fingerprint density at radius 3 is 2.55 bits per heavy atom. The first kappa shape index (κ1) is 27.9. The second-order valence-electron chi connectivity index (χ2n) is 10.5. The van der Waals surface area contributed by atoms with Crippen LogP contribution in [0.1, 0.15) is 56.3 Å². The van der Waals surface area contributed by atoms with Crippen molar-refractivity contribution in [2.45, 2.75) is 69.2 Å². The molecule has 204 valence electrons. The van der Waals surface area contributed by atoms with Gasteiger partial charge in [-0.05, 0) is 68.5 Å². The predicted octanol–water partition coefficient (Wildman–Crippen LogP) is 3.26. The van der Waals surface area contributed by atoms with Crippen molar-refractivity contribution >= 4 is 39.5 Å². The molecule has 0 saturated carbocycles. The molecule has 3 amide bonds. The van der Waals surface area contributed by atoms with E-state index in [9.17, 15) is 27.9 Å². The van der Waals surface area contributed by atoms with Crippen molar-refractivity contribution in [3.8, 4) is 0 Å². The molecule has 1 saturated heterocycles. The van der Waals surface area contributed by atoms with Crippen molar-refractivity contribution in [1.29, 1.82) is 0 Å². The number of nitrogens with one attached hydrogen (secondary N) is 2. The Kier molecular flexibility index (Phi) is 7.74. The lowest BCUT2D eigenvalue weighted by Gasteiger charge is -2.33. The summed E-state index contributed by atoms with van der Waals surface area (Å²) in [6.07, 6.45) is -0.0172. The Hall–Kier alpha value is -3.15. The molecule has 2 atom stereocenters. The first-order valence-electron chi connectivity index (χ1n) is 12.3. The molecule has 0 aliphatic carbocycles. The first-order chi connectivity index (χ1) is 17.8. The maximum atomic E-state index is 13.4. The molecule has 12 heteroatoms. The van der Waals surface area contributed by atoms with E-state index in [-0.39, 0.29) is 23.9 Å². The highest BCUT2D eigenvalue weighted by Gasteiger charge is 2.43. The number of rotatable bonds is 6. The van der Waals surface area contributed by atoms with Gasteiger partial charge in [0, 0.05) is 30.2 Å². The summed E-state index contributed by atoms with van der Waals surface area (Å²) in [5, 5.41) is 13.0. The van der Waals surface area contributed by atoms with Gasteiger partial charge in [0.25, 0.3) is 0 Å². The summed E-state index contributed by atoms with van der Waals surface area (Å²) in [6.45, 7) is 5.92. The Balaban J connectivity index is 1.49. The van der Waals surface area contributed by atoms with Crippen LogP contribution in [0.3, 0.4) is 0 Å². The fraction of sp³-hybridized carbons (Fsp3) is 0.423. The van der Waals surface area contributed by atoms with E-state index < -0.39 is 39.6 Å². The highest BCUT2D eigenvalue weighted by Crippen LogP contribution is 2.33. The molecule has 2 heterocycles. The average Bonchev–Trinajstić information content (AvgIpc) is 3.43. The summed E-state index contributed by atoms with van der Waals surface area (Å²) in [4.78, 5) is 41.3. The lowest BCUT2D eigenvalue weighted by Crippen LogP contribution is -2.48. The highest BCUT2D eigenvalue weighted by molar-refractivity contribution is 7.89. The zero-order valence-corrected chi connectivity index (χ0v) is 23.0. The summed E-state index contributed by atoms with van der Waals surface area (Å²) >= 11 is 6.20. The Morgan fingerprint density at radius 1 is 1.16 bits per heavy atom. The monoisotopic (exact) mass is 562 g/mol. The second-order valence-corrected chi connectivity index (χ2v) is 12.6. The zero-order chi connectivity index (χ0) is 27.8. The molecule has 38 heavy (non-hydrogen) atoms. The van der Waals surface area contributed by atoms with Crippen molar-refractivity contribution in [3.05, 3.63) is 64.2 Å².